The zero-order chi connectivity index (χ0) is 13.9. The van der Waals surface area contributed by atoms with E-state index in [0.29, 0.717) is 0 Å². The highest BCUT2D eigenvalue weighted by atomic mass is 15.0. The summed E-state index contributed by atoms with van der Waals surface area (Å²) in [6.45, 7) is 9.41. The van der Waals surface area contributed by atoms with Crippen LogP contribution in [0.2, 0.25) is 0 Å². The molecule has 0 saturated heterocycles. The molecular formula is C16H21N3. The van der Waals surface area contributed by atoms with Crippen molar-refractivity contribution >= 4 is 5.82 Å². The van der Waals surface area contributed by atoms with Crippen molar-refractivity contribution < 1.29 is 0 Å². The fourth-order valence-electron chi connectivity index (χ4n) is 2.03. The Morgan fingerprint density at radius 2 is 1.89 bits per heavy atom. The molecule has 1 aromatic heterocycles. The molecule has 0 aliphatic carbocycles. The summed E-state index contributed by atoms with van der Waals surface area (Å²) in [6.07, 6.45) is 1.59. The molecular weight excluding hydrogens is 234 g/mol. The molecule has 0 amide bonds. The zero-order valence-electron chi connectivity index (χ0n) is 12.1. The van der Waals surface area contributed by atoms with Crippen LogP contribution in [0.15, 0.2) is 36.7 Å². The Kier molecular flexibility index (Phi) is 3.84. The summed E-state index contributed by atoms with van der Waals surface area (Å²) < 4.78 is 0. The van der Waals surface area contributed by atoms with Crippen LogP contribution in [-0.2, 0) is 5.41 Å². The Morgan fingerprint density at radius 1 is 1.11 bits per heavy atom. The van der Waals surface area contributed by atoms with Gasteiger partial charge >= 0.3 is 0 Å². The highest BCUT2D eigenvalue weighted by molar-refractivity contribution is 5.37. The molecule has 0 saturated carbocycles. The van der Waals surface area contributed by atoms with Crippen molar-refractivity contribution in [3.05, 3.63) is 53.5 Å². The topological polar surface area (TPSA) is 37.8 Å². The van der Waals surface area contributed by atoms with Gasteiger partial charge < -0.3 is 5.32 Å². The van der Waals surface area contributed by atoms with Crippen molar-refractivity contribution in [3.8, 4) is 0 Å². The first-order chi connectivity index (χ1) is 8.97. The van der Waals surface area contributed by atoms with E-state index in [0.717, 1.165) is 18.1 Å². The van der Waals surface area contributed by atoms with Crippen LogP contribution in [0.5, 0.6) is 0 Å². The molecule has 1 heterocycles. The van der Waals surface area contributed by atoms with Crippen LogP contribution < -0.4 is 5.32 Å². The Hall–Kier alpha value is -1.90. The first-order valence-corrected chi connectivity index (χ1v) is 6.57. The molecule has 0 radical (unpaired) electrons. The van der Waals surface area contributed by atoms with E-state index in [9.17, 15) is 0 Å². The summed E-state index contributed by atoms with van der Waals surface area (Å²) in [5.41, 5.74) is 3.67. The second-order valence-electron chi connectivity index (χ2n) is 5.65. The molecule has 0 aliphatic heterocycles. The van der Waals surface area contributed by atoms with E-state index in [4.69, 9.17) is 0 Å². The van der Waals surface area contributed by atoms with Gasteiger partial charge in [-0.15, -0.1) is 0 Å². The van der Waals surface area contributed by atoms with E-state index in [-0.39, 0.29) is 5.41 Å². The van der Waals surface area contributed by atoms with Gasteiger partial charge in [-0.05, 0) is 19.4 Å². The molecule has 1 aromatic carbocycles. The van der Waals surface area contributed by atoms with E-state index < -0.39 is 0 Å². The van der Waals surface area contributed by atoms with Crippen LogP contribution in [0.25, 0.3) is 0 Å². The van der Waals surface area contributed by atoms with E-state index in [1.54, 1.807) is 6.33 Å². The minimum absolute atomic E-state index is 0.0604. The first-order valence-electron chi connectivity index (χ1n) is 6.57. The summed E-state index contributed by atoms with van der Waals surface area (Å²) in [5.74, 6) is 0.883. The standard InChI is InChI=1S/C16H21N3/c1-12-6-5-7-14(8-12)16(3,4)10-17-15-9-13(2)18-11-19-15/h5-9,11H,10H2,1-4H3,(H,17,18,19). The Balaban J connectivity index is 2.09. The normalized spacial score (nSPS) is 11.4. The molecule has 0 spiro atoms. The van der Waals surface area contributed by atoms with Gasteiger partial charge in [0.25, 0.3) is 0 Å². The molecule has 100 valence electrons. The minimum atomic E-state index is 0.0604. The predicted molar refractivity (Wildman–Crippen MR) is 79.5 cm³/mol. The Labute approximate surface area is 115 Å². The van der Waals surface area contributed by atoms with E-state index in [1.807, 2.05) is 13.0 Å². The summed E-state index contributed by atoms with van der Waals surface area (Å²) in [7, 11) is 0. The van der Waals surface area contributed by atoms with Gasteiger partial charge in [0.15, 0.2) is 0 Å². The maximum absolute atomic E-state index is 4.23. The van der Waals surface area contributed by atoms with E-state index in [2.05, 4.69) is 60.3 Å². The van der Waals surface area contributed by atoms with Gasteiger partial charge in [0, 0.05) is 23.7 Å². The summed E-state index contributed by atoms with van der Waals surface area (Å²) in [5, 5.41) is 3.39. The average molecular weight is 255 g/mol. The smallest absolute Gasteiger partial charge is 0.129 e. The number of benzene rings is 1. The van der Waals surface area contributed by atoms with Crippen LogP contribution in [0, 0.1) is 13.8 Å². The van der Waals surface area contributed by atoms with E-state index in [1.165, 1.54) is 11.1 Å². The predicted octanol–water partition coefficient (Wildman–Crippen LogP) is 3.48. The maximum Gasteiger partial charge on any atom is 0.129 e. The van der Waals surface area contributed by atoms with Crippen LogP contribution >= 0.6 is 0 Å². The number of nitrogens with one attached hydrogen (secondary N) is 1. The number of rotatable bonds is 4. The molecule has 1 N–H and O–H groups in total. The van der Waals surface area contributed by atoms with Crippen LogP contribution in [0.3, 0.4) is 0 Å². The largest absolute Gasteiger partial charge is 0.369 e. The lowest BCUT2D eigenvalue weighted by molar-refractivity contribution is 0.555. The van der Waals surface area contributed by atoms with Gasteiger partial charge in [-0.2, -0.15) is 0 Å². The number of anilines is 1. The van der Waals surface area contributed by atoms with Gasteiger partial charge in [-0.25, -0.2) is 9.97 Å². The van der Waals surface area contributed by atoms with Crippen molar-refractivity contribution in [1.82, 2.24) is 9.97 Å². The highest BCUT2D eigenvalue weighted by Gasteiger charge is 2.20. The number of aryl methyl sites for hydroxylation is 2. The molecule has 2 aromatic rings. The third-order valence-corrected chi connectivity index (χ3v) is 3.31. The lowest BCUT2D eigenvalue weighted by Crippen LogP contribution is -2.28. The fraction of sp³-hybridized carbons (Fsp3) is 0.375. The van der Waals surface area contributed by atoms with Gasteiger partial charge in [0.1, 0.15) is 12.1 Å². The van der Waals surface area contributed by atoms with Crippen molar-refractivity contribution in [2.75, 3.05) is 11.9 Å². The van der Waals surface area contributed by atoms with Crippen molar-refractivity contribution in [3.63, 3.8) is 0 Å². The third kappa shape index (κ3) is 3.53. The fourth-order valence-corrected chi connectivity index (χ4v) is 2.03. The minimum Gasteiger partial charge on any atom is -0.369 e. The third-order valence-electron chi connectivity index (χ3n) is 3.31. The zero-order valence-corrected chi connectivity index (χ0v) is 12.1. The maximum atomic E-state index is 4.23. The molecule has 2 rings (SSSR count). The highest BCUT2D eigenvalue weighted by Crippen LogP contribution is 2.24. The molecule has 0 fully saturated rings. The number of aromatic nitrogens is 2. The molecule has 0 atom stereocenters. The summed E-state index contributed by atoms with van der Waals surface area (Å²) in [6, 6.07) is 10.6. The molecule has 0 aliphatic rings. The monoisotopic (exact) mass is 255 g/mol. The van der Waals surface area contributed by atoms with Gasteiger partial charge in [0.2, 0.25) is 0 Å². The quantitative estimate of drug-likeness (QED) is 0.909. The molecule has 0 unspecified atom stereocenters. The van der Waals surface area contributed by atoms with Crippen LogP contribution in [0.1, 0.15) is 30.7 Å². The second kappa shape index (κ2) is 5.39. The van der Waals surface area contributed by atoms with Gasteiger partial charge in [-0.1, -0.05) is 43.7 Å². The Morgan fingerprint density at radius 3 is 2.58 bits per heavy atom. The van der Waals surface area contributed by atoms with E-state index >= 15 is 0 Å². The number of nitrogens with zero attached hydrogens (tertiary/aromatic N) is 2. The van der Waals surface area contributed by atoms with Crippen molar-refractivity contribution in [1.29, 1.82) is 0 Å². The van der Waals surface area contributed by atoms with Crippen LogP contribution in [0.4, 0.5) is 5.82 Å². The van der Waals surface area contributed by atoms with Crippen LogP contribution in [-0.4, -0.2) is 16.5 Å². The lowest BCUT2D eigenvalue weighted by Gasteiger charge is -2.26. The van der Waals surface area contributed by atoms with Gasteiger partial charge in [-0.3, -0.25) is 0 Å². The average Bonchev–Trinajstić information content (AvgIpc) is 2.37. The molecule has 3 heteroatoms. The van der Waals surface area contributed by atoms with Crippen molar-refractivity contribution in [2.24, 2.45) is 0 Å². The Bertz CT molecular complexity index is 561. The lowest BCUT2D eigenvalue weighted by atomic mass is 9.84. The molecule has 3 nitrogen and oxygen atoms in total. The SMILES string of the molecule is Cc1cccc(C(C)(C)CNc2cc(C)ncn2)c1. The molecule has 19 heavy (non-hydrogen) atoms. The first kappa shape index (κ1) is 13.5. The number of hydrogen-bond donors (Lipinski definition) is 1. The van der Waals surface area contributed by atoms with Gasteiger partial charge in [0.05, 0.1) is 0 Å². The second-order valence-corrected chi connectivity index (χ2v) is 5.65. The van der Waals surface area contributed by atoms with Crippen molar-refractivity contribution in [2.45, 2.75) is 33.1 Å². The summed E-state index contributed by atoms with van der Waals surface area (Å²) >= 11 is 0. The summed E-state index contributed by atoms with van der Waals surface area (Å²) in [4.78, 5) is 8.33. The number of hydrogen-bond acceptors (Lipinski definition) is 3. The molecule has 0 bridgehead atoms.